The van der Waals surface area contributed by atoms with E-state index >= 15 is 0 Å². The van der Waals surface area contributed by atoms with E-state index in [4.69, 9.17) is 0 Å². The number of aromatic amines is 1. The van der Waals surface area contributed by atoms with Crippen molar-refractivity contribution in [1.29, 1.82) is 0 Å². The Labute approximate surface area is 143 Å². The van der Waals surface area contributed by atoms with Crippen LogP contribution >= 0.6 is 0 Å². The van der Waals surface area contributed by atoms with E-state index < -0.39 is 0 Å². The normalized spacial score (nSPS) is 10.9. The van der Waals surface area contributed by atoms with Gasteiger partial charge in [-0.2, -0.15) is 5.10 Å². The van der Waals surface area contributed by atoms with E-state index in [2.05, 4.69) is 40.4 Å². The molecule has 0 fully saturated rings. The van der Waals surface area contributed by atoms with Crippen LogP contribution in [0.25, 0.3) is 22.4 Å². The predicted octanol–water partition coefficient (Wildman–Crippen LogP) is 2.17. The van der Waals surface area contributed by atoms with Gasteiger partial charge in [0, 0.05) is 36.6 Å². The van der Waals surface area contributed by atoms with Gasteiger partial charge in [0.25, 0.3) is 0 Å². The third kappa shape index (κ3) is 3.27. The van der Waals surface area contributed by atoms with Crippen LogP contribution in [-0.2, 0) is 6.42 Å². The monoisotopic (exact) mass is 332 g/mol. The molecule has 0 aromatic carbocycles. The lowest BCUT2D eigenvalue weighted by molar-refractivity contribution is 0.897. The maximum Gasteiger partial charge on any atom is 0.182 e. The first-order chi connectivity index (χ1) is 12.3. The van der Waals surface area contributed by atoms with Crippen LogP contribution < -0.4 is 5.32 Å². The Hall–Kier alpha value is -3.42. The van der Waals surface area contributed by atoms with Crippen LogP contribution in [0.15, 0.2) is 43.0 Å². The molecular formula is C17H16N8. The van der Waals surface area contributed by atoms with Crippen LogP contribution in [0.5, 0.6) is 0 Å². The number of rotatable bonds is 5. The minimum Gasteiger partial charge on any atom is -0.368 e. The Balaban J connectivity index is 1.45. The summed E-state index contributed by atoms with van der Waals surface area (Å²) in [5, 5.41) is 10.5. The number of H-pyrrole nitrogens is 1. The number of nitrogens with one attached hydrogen (secondary N) is 2. The first kappa shape index (κ1) is 15.1. The lowest BCUT2D eigenvalue weighted by atomic mass is 10.3. The summed E-state index contributed by atoms with van der Waals surface area (Å²) >= 11 is 0. The molecule has 0 bridgehead atoms. The van der Waals surface area contributed by atoms with Crippen LogP contribution in [0.1, 0.15) is 11.5 Å². The fourth-order valence-corrected chi connectivity index (χ4v) is 2.50. The number of pyridine rings is 2. The zero-order valence-corrected chi connectivity index (χ0v) is 13.6. The molecular weight excluding hydrogens is 316 g/mol. The number of hydrogen-bond donors (Lipinski definition) is 2. The molecule has 8 nitrogen and oxygen atoms in total. The van der Waals surface area contributed by atoms with E-state index in [1.54, 1.807) is 12.4 Å². The minimum atomic E-state index is 0.646. The van der Waals surface area contributed by atoms with Crippen LogP contribution in [0.4, 0.5) is 5.82 Å². The number of fused-ring (bicyclic) bond motifs is 1. The zero-order chi connectivity index (χ0) is 17.1. The number of aryl methyl sites for hydroxylation is 1. The van der Waals surface area contributed by atoms with Gasteiger partial charge < -0.3 is 5.32 Å². The molecule has 4 rings (SSSR count). The third-order valence-corrected chi connectivity index (χ3v) is 3.73. The van der Waals surface area contributed by atoms with Gasteiger partial charge in [-0.25, -0.2) is 19.9 Å². The summed E-state index contributed by atoms with van der Waals surface area (Å²) in [6.45, 7) is 2.61. The van der Waals surface area contributed by atoms with Crippen molar-refractivity contribution < 1.29 is 0 Å². The molecule has 4 aromatic rings. The lowest BCUT2D eigenvalue weighted by Gasteiger charge is -2.07. The van der Waals surface area contributed by atoms with Gasteiger partial charge in [-0.15, -0.1) is 0 Å². The summed E-state index contributed by atoms with van der Waals surface area (Å²) in [4.78, 5) is 21.6. The molecule has 0 spiro atoms. The predicted molar refractivity (Wildman–Crippen MR) is 93.9 cm³/mol. The molecule has 0 aliphatic rings. The molecule has 4 aromatic heterocycles. The van der Waals surface area contributed by atoms with Crippen molar-refractivity contribution in [2.24, 2.45) is 0 Å². The highest BCUT2D eigenvalue weighted by Crippen LogP contribution is 2.17. The molecule has 0 unspecified atom stereocenters. The Kier molecular flexibility index (Phi) is 3.99. The van der Waals surface area contributed by atoms with E-state index in [-0.39, 0.29) is 0 Å². The second-order valence-electron chi connectivity index (χ2n) is 5.57. The molecule has 0 aliphatic heterocycles. The average Bonchev–Trinajstić information content (AvgIpc) is 3.12. The van der Waals surface area contributed by atoms with Crippen LogP contribution in [0, 0.1) is 6.92 Å². The molecule has 0 atom stereocenters. The molecule has 4 heterocycles. The molecule has 0 saturated heterocycles. The maximum atomic E-state index is 4.51. The lowest BCUT2D eigenvalue weighted by Crippen LogP contribution is -2.08. The average molecular weight is 332 g/mol. The third-order valence-electron chi connectivity index (χ3n) is 3.73. The van der Waals surface area contributed by atoms with Crippen molar-refractivity contribution in [2.45, 2.75) is 13.3 Å². The van der Waals surface area contributed by atoms with E-state index in [9.17, 15) is 0 Å². The van der Waals surface area contributed by atoms with Gasteiger partial charge in [-0.05, 0) is 31.2 Å². The van der Waals surface area contributed by atoms with Crippen LogP contribution in [-0.4, -0.2) is 41.7 Å². The quantitative estimate of drug-likeness (QED) is 0.577. The van der Waals surface area contributed by atoms with Gasteiger partial charge in [0.05, 0.1) is 5.52 Å². The maximum absolute atomic E-state index is 4.51. The first-order valence-electron chi connectivity index (χ1n) is 7.93. The largest absolute Gasteiger partial charge is 0.368 e. The molecule has 8 heteroatoms. The standard InChI is InChI=1S/C17H16N8/c1-11-4-5-13-15(22-11)17(21-10-20-13)19-8-6-14-23-16(25-24-14)12-3-2-7-18-9-12/h2-5,7,9-10H,6,8H2,1H3,(H,19,20,21)(H,23,24,25). The molecule has 0 aliphatic carbocycles. The van der Waals surface area contributed by atoms with Crippen LogP contribution in [0.2, 0.25) is 0 Å². The summed E-state index contributed by atoms with van der Waals surface area (Å²) in [5.74, 6) is 2.17. The van der Waals surface area contributed by atoms with Gasteiger partial charge in [0.15, 0.2) is 11.6 Å². The van der Waals surface area contributed by atoms with Crippen molar-refractivity contribution in [3.63, 3.8) is 0 Å². The molecule has 0 radical (unpaired) electrons. The van der Waals surface area contributed by atoms with E-state index in [1.807, 2.05) is 31.2 Å². The van der Waals surface area contributed by atoms with Gasteiger partial charge >= 0.3 is 0 Å². The van der Waals surface area contributed by atoms with Crippen LogP contribution in [0.3, 0.4) is 0 Å². The van der Waals surface area contributed by atoms with Gasteiger partial charge in [0.1, 0.15) is 17.7 Å². The molecule has 124 valence electrons. The zero-order valence-electron chi connectivity index (χ0n) is 13.6. The topological polar surface area (TPSA) is 105 Å². The summed E-state index contributed by atoms with van der Waals surface area (Å²) in [6.07, 6.45) is 5.69. The Morgan fingerprint density at radius 1 is 1.12 bits per heavy atom. The fraction of sp³-hybridized carbons (Fsp3) is 0.176. The fourth-order valence-electron chi connectivity index (χ4n) is 2.50. The molecule has 2 N–H and O–H groups in total. The van der Waals surface area contributed by atoms with Crippen molar-refractivity contribution in [3.8, 4) is 11.4 Å². The van der Waals surface area contributed by atoms with Crippen molar-refractivity contribution >= 4 is 16.9 Å². The number of hydrogen-bond acceptors (Lipinski definition) is 7. The summed E-state index contributed by atoms with van der Waals surface area (Å²) in [6, 6.07) is 7.68. The minimum absolute atomic E-state index is 0.646. The number of aromatic nitrogens is 7. The highest BCUT2D eigenvalue weighted by molar-refractivity contribution is 5.84. The van der Waals surface area contributed by atoms with Crippen molar-refractivity contribution in [1.82, 2.24) is 35.1 Å². The number of nitrogens with zero attached hydrogens (tertiary/aromatic N) is 6. The second-order valence-corrected chi connectivity index (χ2v) is 5.57. The van der Waals surface area contributed by atoms with Gasteiger partial charge in [0.2, 0.25) is 0 Å². The Morgan fingerprint density at radius 2 is 2.08 bits per heavy atom. The molecule has 0 saturated carbocycles. The summed E-state index contributed by atoms with van der Waals surface area (Å²) < 4.78 is 0. The van der Waals surface area contributed by atoms with Gasteiger partial charge in [-0.1, -0.05) is 0 Å². The first-order valence-corrected chi connectivity index (χ1v) is 7.93. The van der Waals surface area contributed by atoms with Crippen molar-refractivity contribution in [2.75, 3.05) is 11.9 Å². The number of anilines is 1. The van der Waals surface area contributed by atoms with E-state index in [0.29, 0.717) is 18.8 Å². The summed E-state index contributed by atoms with van der Waals surface area (Å²) in [5.41, 5.74) is 3.42. The van der Waals surface area contributed by atoms with E-state index in [0.717, 1.165) is 33.9 Å². The Bertz CT molecular complexity index is 996. The highest BCUT2D eigenvalue weighted by atomic mass is 15.2. The SMILES string of the molecule is Cc1ccc2ncnc(NCCc3nc(-c4cccnc4)n[nH]3)c2n1. The highest BCUT2D eigenvalue weighted by Gasteiger charge is 2.08. The van der Waals surface area contributed by atoms with E-state index in [1.165, 1.54) is 6.33 Å². The summed E-state index contributed by atoms with van der Waals surface area (Å²) in [7, 11) is 0. The van der Waals surface area contributed by atoms with Crippen molar-refractivity contribution in [3.05, 3.63) is 54.5 Å². The molecule has 25 heavy (non-hydrogen) atoms. The molecule has 0 amide bonds. The Morgan fingerprint density at radius 3 is 2.96 bits per heavy atom. The smallest absolute Gasteiger partial charge is 0.182 e. The second kappa shape index (κ2) is 6.60. The van der Waals surface area contributed by atoms with Gasteiger partial charge in [-0.3, -0.25) is 10.1 Å².